The highest BCUT2D eigenvalue weighted by molar-refractivity contribution is 7.69. The van der Waals surface area contributed by atoms with Crippen LogP contribution in [0.5, 0.6) is 0 Å². The van der Waals surface area contributed by atoms with Gasteiger partial charge in [-0.2, -0.15) is 39.7 Å². The summed E-state index contributed by atoms with van der Waals surface area (Å²) < 4.78 is 58.0. The number of hydrogen-bond donors (Lipinski definition) is 11. The van der Waals surface area contributed by atoms with Crippen molar-refractivity contribution in [1.82, 2.24) is 33.2 Å². The third-order valence-corrected chi connectivity index (χ3v) is 6.59. The molecule has 19 nitrogen and oxygen atoms in total. The van der Waals surface area contributed by atoms with Gasteiger partial charge in [-0.15, -0.1) is 5.59 Å². The summed E-state index contributed by atoms with van der Waals surface area (Å²) in [5.74, 6) is 0. The highest BCUT2D eigenvalue weighted by Crippen LogP contribution is 2.70. The van der Waals surface area contributed by atoms with E-state index in [1.54, 1.807) is 6.92 Å². The molecule has 0 aromatic carbocycles. The first-order chi connectivity index (χ1) is 11.2. The van der Waals surface area contributed by atoms with Crippen LogP contribution in [0.1, 0.15) is 6.92 Å². The summed E-state index contributed by atoms with van der Waals surface area (Å²) in [4.78, 5) is 43.5. The van der Waals surface area contributed by atoms with Crippen molar-refractivity contribution in [2.75, 3.05) is 6.54 Å². The van der Waals surface area contributed by atoms with Crippen LogP contribution < -0.4 is 33.2 Å². The molecule has 0 amide bonds. The number of rotatable bonds is 14. The number of phosphoric acid groups is 4. The fraction of sp³-hybridized carbons (Fsp3) is 1.00. The van der Waals surface area contributed by atoms with Gasteiger partial charge in [0.15, 0.2) is 0 Å². The summed E-state index contributed by atoms with van der Waals surface area (Å²) in [6.07, 6.45) is 0. The van der Waals surface area contributed by atoms with Crippen LogP contribution in [0.2, 0.25) is 0 Å². The Labute approximate surface area is 139 Å². The molecule has 0 radical (unpaired) electrons. The van der Waals surface area contributed by atoms with Crippen LogP contribution in [0.4, 0.5) is 0 Å². The second-order valence-electron chi connectivity index (χ2n) is 3.36. The van der Waals surface area contributed by atoms with Crippen molar-refractivity contribution < 1.29 is 60.3 Å². The summed E-state index contributed by atoms with van der Waals surface area (Å²) in [6, 6.07) is 0. The molecule has 0 fully saturated rings. The highest BCUT2D eigenvalue weighted by atomic mass is 31.3. The van der Waals surface area contributed by atoms with Crippen LogP contribution in [0.15, 0.2) is 0 Å². The van der Waals surface area contributed by atoms with E-state index in [2.05, 4.69) is 39.6 Å². The largest absolute Gasteiger partial charge is 0.498 e. The zero-order valence-corrected chi connectivity index (χ0v) is 15.6. The van der Waals surface area contributed by atoms with Gasteiger partial charge in [0.05, 0.1) is 0 Å². The predicted molar refractivity (Wildman–Crippen MR) is 75.2 cm³/mol. The summed E-state index contributed by atoms with van der Waals surface area (Å²) in [7, 11) is -22.7. The van der Waals surface area contributed by atoms with Gasteiger partial charge in [0.2, 0.25) is 0 Å². The van der Waals surface area contributed by atoms with Gasteiger partial charge in [0, 0.05) is 6.54 Å². The van der Waals surface area contributed by atoms with E-state index in [0.29, 0.717) is 6.54 Å². The molecule has 0 aromatic rings. The fourth-order valence-corrected chi connectivity index (χ4v) is 4.97. The Morgan fingerprint density at radius 1 is 0.720 bits per heavy atom. The number of hydrogen-bond acceptors (Lipinski definition) is 14. The van der Waals surface area contributed by atoms with Crippen molar-refractivity contribution in [2.45, 2.75) is 6.92 Å². The maximum absolute atomic E-state index is 11.3. The van der Waals surface area contributed by atoms with Gasteiger partial charge in [0.25, 0.3) is 0 Å². The highest BCUT2D eigenvalue weighted by Gasteiger charge is 2.45. The quantitative estimate of drug-likeness (QED) is 0.0731. The molecular formula is C2H16N6O13P4. The normalized spacial score (nSPS) is 19.8. The maximum Gasteiger partial charge on any atom is 0.498 e. The molecular weight excluding hydrogens is 440 g/mol. The lowest BCUT2D eigenvalue weighted by Gasteiger charge is -2.18. The van der Waals surface area contributed by atoms with Gasteiger partial charge >= 0.3 is 31.3 Å². The Morgan fingerprint density at radius 3 is 1.72 bits per heavy atom. The molecule has 0 aromatic heterocycles. The van der Waals surface area contributed by atoms with Crippen molar-refractivity contribution in [3.63, 3.8) is 0 Å². The lowest BCUT2D eigenvalue weighted by Crippen LogP contribution is -2.58. The minimum atomic E-state index is -5.84. The van der Waals surface area contributed by atoms with Crippen molar-refractivity contribution in [1.29, 1.82) is 0 Å². The number of nitrogens with one attached hydrogen (secondary N) is 6. The molecule has 152 valence electrons. The minimum absolute atomic E-state index is 0.532. The zero-order valence-electron chi connectivity index (χ0n) is 12.0. The molecule has 0 heterocycles. The second-order valence-corrected chi connectivity index (χ2v) is 9.30. The first-order valence-corrected chi connectivity index (χ1v) is 11.5. The summed E-state index contributed by atoms with van der Waals surface area (Å²) in [5.41, 5.74) is 12.6. The van der Waals surface area contributed by atoms with Gasteiger partial charge in [-0.3, -0.25) is 0 Å². The molecule has 0 rings (SSSR count). The molecule has 11 N–H and O–H groups in total. The van der Waals surface area contributed by atoms with E-state index < -0.39 is 31.3 Å². The fourth-order valence-electron chi connectivity index (χ4n) is 0.743. The lowest BCUT2D eigenvalue weighted by molar-refractivity contribution is 0.0687. The third kappa shape index (κ3) is 15.1. The van der Waals surface area contributed by atoms with Crippen LogP contribution in [0, 0.1) is 0 Å². The molecule has 3 atom stereocenters. The molecule has 25 heavy (non-hydrogen) atoms. The van der Waals surface area contributed by atoms with E-state index in [1.807, 2.05) is 5.53 Å². The van der Waals surface area contributed by atoms with E-state index in [9.17, 15) is 18.3 Å². The Balaban J connectivity index is 4.41. The van der Waals surface area contributed by atoms with Gasteiger partial charge in [-0.1, -0.05) is 6.92 Å². The average Bonchev–Trinajstić information content (AvgIpc) is 2.31. The minimum Gasteiger partial charge on any atom is -0.302 e. The molecule has 3 unspecified atom stereocenters. The molecule has 0 aliphatic carbocycles. The molecule has 0 spiro atoms. The van der Waals surface area contributed by atoms with Crippen LogP contribution in [-0.2, 0) is 35.8 Å². The molecule has 0 aliphatic heterocycles. The second kappa shape index (κ2) is 10.6. The first kappa shape index (κ1) is 25.3. The summed E-state index contributed by atoms with van der Waals surface area (Å²) in [5, 5.41) is 0. The Bertz CT molecular complexity index is 591. The van der Waals surface area contributed by atoms with Crippen LogP contribution in [-0.4, -0.2) is 31.0 Å². The van der Waals surface area contributed by atoms with E-state index in [4.69, 9.17) is 24.5 Å². The maximum atomic E-state index is 11.3. The van der Waals surface area contributed by atoms with Crippen molar-refractivity contribution in [3.8, 4) is 0 Å². The zero-order chi connectivity index (χ0) is 19.8. The van der Waals surface area contributed by atoms with Crippen molar-refractivity contribution >= 4 is 31.3 Å². The molecule has 23 heteroatoms. The first-order valence-electron chi connectivity index (χ1n) is 5.52. The summed E-state index contributed by atoms with van der Waals surface area (Å²) >= 11 is 0. The lowest BCUT2D eigenvalue weighted by atomic mass is 10.8. The van der Waals surface area contributed by atoms with E-state index >= 15 is 0 Å². The van der Waals surface area contributed by atoms with Gasteiger partial charge < -0.3 is 24.5 Å². The Morgan fingerprint density at radius 2 is 1.20 bits per heavy atom. The van der Waals surface area contributed by atoms with Gasteiger partial charge in [-0.05, 0) is 0 Å². The van der Waals surface area contributed by atoms with Crippen LogP contribution in [0.3, 0.4) is 0 Å². The van der Waals surface area contributed by atoms with Crippen molar-refractivity contribution in [2.24, 2.45) is 0 Å². The average molecular weight is 456 g/mol. The van der Waals surface area contributed by atoms with Gasteiger partial charge in [-0.25, -0.2) is 23.7 Å². The smallest absolute Gasteiger partial charge is 0.302 e. The van der Waals surface area contributed by atoms with Crippen molar-refractivity contribution in [3.05, 3.63) is 0 Å². The molecule has 0 aliphatic rings. The van der Waals surface area contributed by atoms with Crippen LogP contribution >= 0.6 is 31.3 Å². The molecule has 0 saturated heterocycles. The van der Waals surface area contributed by atoms with E-state index in [1.165, 1.54) is 5.59 Å². The standard InChI is InChI=1S/C2H16N6O13P4/c1-2-3-4-5-6-7-8-18-23(12,13)20-25(16,17)21-24(14,15)19-22(9,10)11/h3-8H,2H2,1H3,(H,12,13)(H,14,15)(H,16,17)(H2,9,10,11). The topological polar surface area (TPSA) is 279 Å². The Hall–Kier alpha value is 0.320. The molecule has 0 bridgehead atoms. The third-order valence-electron chi connectivity index (χ3n) is 1.29. The monoisotopic (exact) mass is 456 g/mol. The van der Waals surface area contributed by atoms with E-state index in [0.717, 1.165) is 0 Å². The van der Waals surface area contributed by atoms with Crippen LogP contribution in [0.25, 0.3) is 0 Å². The van der Waals surface area contributed by atoms with E-state index in [-0.39, 0.29) is 0 Å². The SMILES string of the molecule is CCNNNNNNOP(=O)(O)OP(=O)(O)OP(=O)(O)OP(=O)(O)O. The predicted octanol–water partition coefficient (Wildman–Crippen LogP) is -2.51. The Kier molecular flexibility index (Phi) is 10.7. The number of hydrazine groups is 5. The summed E-state index contributed by atoms with van der Waals surface area (Å²) in [6.45, 7) is 2.29. The van der Waals surface area contributed by atoms with Gasteiger partial charge in [0.1, 0.15) is 0 Å². The molecule has 0 saturated carbocycles.